The van der Waals surface area contributed by atoms with E-state index in [1.165, 1.54) is 37.4 Å². The second kappa shape index (κ2) is 8.41. The molecule has 1 N–H and O–H groups in total. The summed E-state index contributed by atoms with van der Waals surface area (Å²) in [6.07, 6.45) is -3.22. The fourth-order valence-corrected chi connectivity index (χ4v) is 3.56. The third-order valence-corrected chi connectivity index (χ3v) is 4.95. The Labute approximate surface area is 164 Å². The van der Waals surface area contributed by atoms with Crippen LogP contribution in [0.3, 0.4) is 0 Å². The Hall–Kier alpha value is -2.60. The van der Waals surface area contributed by atoms with Gasteiger partial charge in [0.2, 0.25) is 0 Å². The van der Waals surface area contributed by atoms with Gasteiger partial charge >= 0.3 is 17.9 Å². The molecule has 0 saturated carbocycles. The largest absolute Gasteiger partial charge is 0.609 e. The van der Waals surface area contributed by atoms with Crippen LogP contribution in [0.15, 0.2) is 35.6 Å². The van der Waals surface area contributed by atoms with E-state index in [0.717, 1.165) is 0 Å². The first kappa shape index (κ1) is 21.1. The highest BCUT2D eigenvalue weighted by atomic mass is 32.2. The zero-order chi connectivity index (χ0) is 21.2. The molecule has 6 nitrogen and oxygen atoms in total. The Kier molecular flexibility index (Phi) is 6.13. The predicted octanol–water partition coefficient (Wildman–Crippen LogP) is 4.12. The Morgan fingerprint density at radius 3 is 2.69 bits per heavy atom. The molecule has 1 atom stereocenters. The van der Waals surface area contributed by atoms with Gasteiger partial charge in [-0.25, -0.2) is 0 Å². The lowest BCUT2D eigenvalue weighted by molar-refractivity contribution is -0.153. The number of nitrogens with zero attached hydrogens (tertiary/aromatic N) is 2. The molecule has 0 aliphatic heterocycles. The number of nitrogens with one attached hydrogen (secondary N) is 1. The zero-order valence-corrected chi connectivity index (χ0v) is 15.6. The van der Waals surface area contributed by atoms with Gasteiger partial charge in [0.1, 0.15) is 11.5 Å². The molecule has 1 aromatic carbocycles. The quantitative estimate of drug-likeness (QED) is 0.446. The fraction of sp³-hybridized carbons (Fsp3) is 0.294. The van der Waals surface area contributed by atoms with Crippen LogP contribution in [-0.4, -0.2) is 38.9 Å². The van der Waals surface area contributed by atoms with E-state index < -0.39 is 30.6 Å². The third-order valence-electron chi connectivity index (χ3n) is 3.79. The van der Waals surface area contributed by atoms with Crippen LogP contribution in [0.25, 0.3) is 11.0 Å². The van der Waals surface area contributed by atoms with Crippen molar-refractivity contribution in [3.8, 4) is 11.5 Å². The van der Waals surface area contributed by atoms with E-state index >= 15 is 0 Å². The minimum Gasteiger partial charge on any atom is -0.609 e. The zero-order valence-electron chi connectivity index (χ0n) is 14.8. The standard InChI is InChI=1S/C17H14F5N3O3S/c1-9-13(23-5-4-14(9)27-8-17(20,21)22)7-29(26)16-24-11-3-2-10(28-15(18)19)6-12(11)25-16/h2-6,15H,7-8H2,1H3,(H,24,25). The maximum atomic E-state index is 12.6. The molecule has 2 heterocycles. The summed E-state index contributed by atoms with van der Waals surface area (Å²) in [5.41, 5.74) is 1.35. The number of halogens is 5. The van der Waals surface area contributed by atoms with Crippen LogP contribution in [0.2, 0.25) is 0 Å². The van der Waals surface area contributed by atoms with Gasteiger partial charge in [-0.2, -0.15) is 26.9 Å². The van der Waals surface area contributed by atoms with E-state index in [1.807, 2.05) is 0 Å². The summed E-state index contributed by atoms with van der Waals surface area (Å²) in [7, 11) is 0. The van der Waals surface area contributed by atoms with Gasteiger partial charge in [0.25, 0.3) is 0 Å². The number of H-pyrrole nitrogens is 1. The molecular weight excluding hydrogens is 421 g/mol. The van der Waals surface area contributed by atoms with Gasteiger partial charge in [0.15, 0.2) is 12.4 Å². The topological polar surface area (TPSA) is 83.1 Å². The molecule has 0 aliphatic carbocycles. The van der Waals surface area contributed by atoms with E-state index in [2.05, 4.69) is 19.7 Å². The molecule has 0 saturated heterocycles. The molecule has 29 heavy (non-hydrogen) atoms. The molecule has 0 fully saturated rings. The number of hydrogen-bond acceptors (Lipinski definition) is 5. The Balaban J connectivity index is 1.77. The van der Waals surface area contributed by atoms with Crippen LogP contribution in [0.1, 0.15) is 11.3 Å². The van der Waals surface area contributed by atoms with Crippen molar-refractivity contribution in [3.63, 3.8) is 0 Å². The molecular formula is C17H14F5N3O3S. The van der Waals surface area contributed by atoms with Gasteiger partial charge in [0, 0.05) is 29.0 Å². The maximum absolute atomic E-state index is 12.6. The monoisotopic (exact) mass is 435 g/mol. The average Bonchev–Trinajstić information content (AvgIpc) is 3.04. The van der Waals surface area contributed by atoms with Crippen LogP contribution < -0.4 is 9.47 Å². The minimum absolute atomic E-state index is 0.0114. The summed E-state index contributed by atoms with van der Waals surface area (Å²) < 4.78 is 83.4. The van der Waals surface area contributed by atoms with Gasteiger partial charge in [0.05, 0.1) is 16.7 Å². The van der Waals surface area contributed by atoms with Gasteiger partial charge < -0.3 is 14.0 Å². The maximum Gasteiger partial charge on any atom is 0.422 e. The second-order valence-electron chi connectivity index (χ2n) is 5.87. The Bertz CT molecular complexity index is 996. The van der Waals surface area contributed by atoms with Crippen molar-refractivity contribution in [1.82, 2.24) is 15.0 Å². The summed E-state index contributed by atoms with van der Waals surface area (Å²) in [6, 6.07) is 5.33. The molecule has 3 aromatic rings. The van der Waals surface area contributed by atoms with Crippen molar-refractivity contribution >= 4 is 22.2 Å². The number of imidazole rings is 1. The molecule has 0 aliphatic rings. The number of alkyl halides is 5. The molecule has 156 valence electrons. The van der Waals surface area contributed by atoms with Crippen molar-refractivity contribution in [1.29, 1.82) is 0 Å². The van der Waals surface area contributed by atoms with Gasteiger partial charge in [-0.05, 0) is 25.1 Å². The number of pyridine rings is 1. The normalized spacial score (nSPS) is 13.1. The number of aromatic nitrogens is 3. The first-order chi connectivity index (χ1) is 13.6. The van der Waals surface area contributed by atoms with Crippen molar-refractivity contribution < 1.29 is 36.0 Å². The highest BCUT2D eigenvalue weighted by molar-refractivity contribution is 7.90. The molecule has 0 bridgehead atoms. The van der Waals surface area contributed by atoms with Crippen molar-refractivity contribution in [2.24, 2.45) is 0 Å². The van der Waals surface area contributed by atoms with Crippen LogP contribution >= 0.6 is 0 Å². The minimum atomic E-state index is -4.49. The van der Waals surface area contributed by atoms with Gasteiger partial charge in [-0.3, -0.25) is 9.97 Å². The summed E-state index contributed by atoms with van der Waals surface area (Å²) >= 11 is -1.72. The third kappa shape index (κ3) is 5.48. The second-order valence-corrected chi connectivity index (χ2v) is 7.24. The number of fused-ring (bicyclic) bond motifs is 1. The van der Waals surface area contributed by atoms with E-state index in [-0.39, 0.29) is 33.6 Å². The Morgan fingerprint density at radius 1 is 1.24 bits per heavy atom. The molecule has 2 aromatic heterocycles. The SMILES string of the molecule is Cc1c(OCC(F)(F)F)ccnc1C[S+]([O-])c1nc2cc(OC(F)F)ccc2[nH]1. The number of rotatable bonds is 7. The first-order valence-corrected chi connectivity index (χ1v) is 9.41. The van der Waals surface area contributed by atoms with E-state index in [9.17, 15) is 26.5 Å². The predicted molar refractivity (Wildman–Crippen MR) is 93.4 cm³/mol. The molecule has 1 unspecified atom stereocenters. The lowest BCUT2D eigenvalue weighted by atomic mass is 10.2. The molecule has 12 heteroatoms. The van der Waals surface area contributed by atoms with Gasteiger partial charge in [-0.15, -0.1) is 0 Å². The summed E-state index contributed by atoms with van der Waals surface area (Å²) in [6.45, 7) is -2.92. The summed E-state index contributed by atoms with van der Waals surface area (Å²) in [5.74, 6) is -0.235. The lowest BCUT2D eigenvalue weighted by Crippen LogP contribution is -2.20. The van der Waals surface area contributed by atoms with Crippen LogP contribution in [0.4, 0.5) is 22.0 Å². The van der Waals surface area contributed by atoms with Gasteiger partial charge in [-0.1, -0.05) is 0 Å². The Morgan fingerprint density at radius 2 is 2.00 bits per heavy atom. The van der Waals surface area contributed by atoms with Crippen LogP contribution in [0.5, 0.6) is 11.5 Å². The molecule has 0 radical (unpaired) electrons. The summed E-state index contributed by atoms with van der Waals surface area (Å²) in [4.78, 5) is 11.0. The van der Waals surface area contributed by atoms with E-state index in [1.54, 1.807) is 0 Å². The van der Waals surface area contributed by atoms with Crippen molar-refractivity contribution in [2.75, 3.05) is 6.61 Å². The highest BCUT2D eigenvalue weighted by Gasteiger charge is 2.29. The van der Waals surface area contributed by atoms with Crippen molar-refractivity contribution in [2.45, 2.75) is 30.6 Å². The number of aromatic amines is 1. The fourth-order valence-electron chi connectivity index (χ4n) is 2.46. The highest BCUT2D eigenvalue weighted by Crippen LogP contribution is 2.27. The van der Waals surface area contributed by atoms with E-state index in [0.29, 0.717) is 11.1 Å². The number of ether oxygens (including phenoxy) is 2. The average molecular weight is 435 g/mol. The number of benzene rings is 1. The lowest BCUT2D eigenvalue weighted by Gasteiger charge is -2.14. The van der Waals surface area contributed by atoms with E-state index in [4.69, 9.17) is 4.74 Å². The molecule has 0 spiro atoms. The molecule has 3 rings (SSSR count). The van der Waals surface area contributed by atoms with Crippen LogP contribution in [-0.2, 0) is 16.9 Å². The number of hydrogen-bond donors (Lipinski definition) is 1. The summed E-state index contributed by atoms with van der Waals surface area (Å²) in [5, 5.41) is 0.0667. The smallest absolute Gasteiger partial charge is 0.422 e. The molecule has 0 amide bonds. The first-order valence-electron chi connectivity index (χ1n) is 8.09. The van der Waals surface area contributed by atoms with Crippen LogP contribution in [0, 0.1) is 6.92 Å². The van der Waals surface area contributed by atoms with Crippen molar-refractivity contribution in [3.05, 3.63) is 41.7 Å².